The molecule has 0 N–H and O–H groups in total. The molecule has 1 unspecified atom stereocenters. The van der Waals surface area contributed by atoms with Gasteiger partial charge in [-0.15, -0.1) is 0 Å². The van der Waals surface area contributed by atoms with Gasteiger partial charge in [-0.1, -0.05) is 48.5 Å². The van der Waals surface area contributed by atoms with Crippen molar-refractivity contribution in [3.8, 4) is 0 Å². The number of hydrogen-bond acceptors (Lipinski definition) is 4. The Labute approximate surface area is 230 Å². The summed E-state index contributed by atoms with van der Waals surface area (Å²) in [5.41, 5.74) is 0.477. The van der Waals surface area contributed by atoms with Crippen LogP contribution < -0.4 is 0 Å². The van der Waals surface area contributed by atoms with E-state index in [0.717, 1.165) is 0 Å². The van der Waals surface area contributed by atoms with Crippen molar-refractivity contribution < 1.29 is 4.43 Å². The molecule has 0 amide bonds. The second kappa shape index (κ2) is 21.9. The maximum Gasteiger partial charge on any atom is 0.188 e. The van der Waals surface area contributed by atoms with Crippen LogP contribution >= 0.6 is 0 Å². The monoisotopic (exact) mass is 528 g/mol. The minimum atomic E-state index is -1.58. The molecule has 218 valence electrons. The highest BCUT2D eigenvalue weighted by Gasteiger charge is 2.34. The van der Waals surface area contributed by atoms with Crippen LogP contribution in [-0.2, 0) is 4.43 Å². The van der Waals surface area contributed by atoms with E-state index >= 15 is 0 Å². The highest BCUT2D eigenvalue weighted by atomic mass is 28.4. The number of nitrogens with zero attached hydrogens (tertiary/aromatic N) is 3. The lowest BCUT2D eigenvalue weighted by Gasteiger charge is -2.39. The Morgan fingerprint density at radius 2 is 0.917 bits per heavy atom. The molecule has 0 saturated heterocycles. The molecule has 0 radical (unpaired) electrons. The molecule has 0 aliphatic rings. The van der Waals surface area contributed by atoms with Crippen LogP contribution in [-0.4, -0.2) is 89.0 Å². The minimum absolute atomic E-state index is 0.477. The fourth-order valence-electron chi connectivity index (χ4n) is 5.97. The lowest BCUT2D eigenvalue weighted by Crippen LogP contribution is -2.36. The Morgan fingerprint density at radius 3 is 1.17 bits per heavy atom. The summed E-state index contributed by atoms with van der Waals surface area (Å²) in [7, 11) is 0.401. The summed E-state index contributed by atoms with van der Waals surface area (Å²) in [5.74, 6) is 0. The predicted octanol–water partition coefficient (Wildman–Crippen LogP) is 8.14. The third-order valence-electron chi connectivity index (χ3n) is 8.93. The molecule has 0 bridgehead atoms. The van der Waals surface area contributed by atoms with Gasteiger partial charge in [-0.25, -0.2) is 0 Å². The average molecular weight is 528 g/mol. The first-order chi connectivity index (χ1) is 17.3. The minimum Gasteiger partial charge on any atom is -0.420 e. The van der Waals surface area contributed by atoms with E-state index in [2.05, 4.69) is 69.7 Å². The zero-order valence-corrected chi connectivity index (χ0v) is 27.6. The highest BCUT2D eigenvalue weighted by Crippen LogP contribution is 2.42. The first-order valence-corrected chi connectivity index (χ1v) is 18.9. The first-order valence-electron chi connectivity index (χ1n) is 16.0. The first kappa shape index (κ1) is 36.1. The molecule has 0 aliphatic heterocycles. The highest BCUT2D eigenvalue weighted by molar-refractivity contribution is 6.72. The van der Waals surface area contributed by atoms with Crippen molar-refractivity contribution in [2.45, 2.75) is 131 Å². The van der Waals surface area contributed by atoms with E-state index in [1.165, 1.54) is 135 Å². The van der Waals surface area contributed by atoms with Gasteiger partial charge in [-0.05, 0) is 147 Å². The maximum absolute atomic E-state index is 6.17. The van der Waals surface area contributed by atoms with Gasteiger partial charge >= 0.3 is 0 Å². The fraction of sp³-hybridized carbons (Fsp3) is 1.00. The molecule has 4 nitrogen and oxygen atoms in total. The van der Waals surface area contributed by atoms with Gasteiger partial charge in [0.25, 0.3) is 0 Å². The molecule has 0 spiro atoms. The van der Waals surface area contributed by atoms with Crippen LogP contribution in [0.3, 0.4) is 0 Å². The van der Waals surface area contributed by atoms with Crippen LogP contribution in [0.15, 0.2) is 0 Å². The van der Waals surface area contributed by atoms with Crippen molar-refractivity contribution in [1.29, 1.82) is 0 Å². The molecule has 0 rings (SSSR count). The van der Waals surface area contributed by atoms with Crippen molar-refractivity contribution in [2.75, 3.05) is 66.0 Å². The third kappa shape index (κ3) is 15.5. The molecule has 0 saturated carbocycles. The summed E-state index contributed by atoms with van der Waals surface area (Å²) >= 11 is 0. The molecule has 0 aromatic heterocycles. The second-order valence-corrected chi connectivity index (χ2v) is 16.1. The SMILES string of the molecule is CCCN(CC)CCCC(CCCN(CC)CCC)(CCCN(CC)CCC)CC[Si](C)(CC)OC. The van der Waals surface area contributed by atoms with Crippen LogP contribution in [0.4, 0.5) is 0 Å². The summed E-state index contributed by atoms with van der Waals surface area (Å²) in [4.78, 5) is 8.01. The van der Waals surface area contributed by atoms with E-state index in [9.17, 15) is 0 Å². The summed E-state index contributed by atoms with van der Waals surface area (Å²) < 4.78 is 6.17. The lowest BCUT2D eigenvalue weighted by atomic mass is 9.73. The van der Waals surface area contributed by atoms with Crippen LogP contribution in [0.1, 0.15) is 113 Å². The third-order valence-corrected chi connectivity index (χ3v) is 12.7. The Morgan fingerprint density at radius 1 is 0.556 bits per heavy atom. The fourth-order valence-corrected chi connectivity index (χ4v) is 7.87. The standard InChI is InChI=1S/C31H69N3OSi/c1-10-24-32(13-4)27-17-20-31(23-30-36(9,16-7)35-8,21-18-28-33(14-5)25-11-2)22-19-29-34(15-6)26-12-3/h10-30H2,1-9H3. The quantitative estimate of drug-likeness (QED) is 0.106. The smallest absolute Gasteiger partial charge is 0.188 e. The van der Waals surface area contributed by atoms with E-state index in [1.54, 1.807) is 0 Å². The van der Waals surface area contributed by atoms with Crippen LogP contribution in [0, 0.1) is 5.41 Å². The zero-order valence-electron chi connectivity index (χ0n) is 26.6. The molecule has 0 aliphatic carbocycles. The van der Waals surface area contributed by atoms with Crippen LogP contribution in [0.5, 0.6) is 0 Å². The van der Waals surface area contributed by atoms with E-state index < -0.39 is 8.32 Å². The summed E-state index contributed by atoms with van der Waals surface area (Å²) in [6.45, 7) is 29.9. The number of rotatable bonds is 26. The van der Waals surface area contributed by atoms with Gasteiger partial charge in [-0.2, -0.15) is 0 Å². The molecule has 0 aromatic carbocycles. The topological polar surface area (TPSA) is 19.0 Å². The van der Waals surface area contributed by atoms with E-state index in [1.807, 2.05) is 7.11 Å². The van der Waals surface area contributed by atoms with Gasteiger partial charge in [-0.3, -0.25) is 0 Å². The normalized spacial score (nSPS) is 14.3. The van der Waals surface area contributed by atoms with Crippen LogP contribution in [0.2, 0.25) is 18.6 Å². The Kier molecular flexibility index (Phi) is 22.0. The Bertz CT molecular complexity index is 436. The van der Waals surface area contributed by atoms with E-state index in [4.69, 9.17) is 4.43 Å². The number of hydrogen-bond donors (Lipinski definition) is 0. The van der Waals surface area contributed by atoms with Crippen molar-refractivity contribution >= 4 is 8.32 Å². The molecule has 36 heavy (non-hydrogen) atoms. The molecule has 0 heterocycles. The van der Waals surface area contributed by atoms with E-state index in [0.29, 0.717) is 5.41 Å². The predicted molar refractivity (Wildman–Crippen MR) is 166 cm³/mol. The Balaban J connectivity index is 5.62. The zero-order chi connectivity index (χ0) is 27.3. The van der Waals surface area contributed by atoms with Gasteiger partial charge < -0.3 is 19.1 Å². The summed E-state index contributed by atoms with van der Waals surface area (Å²) in [6.07, 6.45) is 13.4. The Hall–Kier alpha value is 0.0569. The van der Waals surface area contributed by atoms with Gasteiger partial charge in [0, 0.05) is 7.11 Å². The van der Waals surface area contributed by atoms with Gasteiger partial charge in [0.15, 0.2) is 8.32 Å². The second-order valence-electron chi connectivity index (χ2n) is 11.6. The van der Waals surface area contributed by atoms with Gasteiger partial charge in [0.2, 0.25) is 0 Å². The molecule has 0 aromatic rings. The summed E-state index contributed by atoms with van der Waals surface area (Å²) in [5, 5.41) is 0. The van der Waals surface area contributed by atoms with Crippen molar-refractivity contribution in [1.82, 2.24) is 14.7 Å². The molecular weight excluding hydrogens is 458 g/mol. The van der Waals surface area contributed by atoms with Gasteiger partial charge in [0.05, 0.1) is 0 Å². The van der Waals surface area contributed by atoms with Crippen molar-refractivity contribution in [2.24, 2.45) is 5.41 Å². The van der Waals surface area contributed by atoms with E-state index in [-0.39, 0.29) is 0 Å². The largest absolute Gasteiger partial charge is 0.420 e. The molecule has 1 atom stereocenters. The molecule has 0 fully saturated rings. The summed E-state index contributed by atoms with van der Waals surface area (Å²) in [6, 6.07) is 2.56. The molecular formula is C31H69N3OSi. The lowest BCUT2D eigenvalue weighted by molar-refractivity contribution is 0.153. The van der Waals surface area contributed by atoms with Crippen LogP contribution in [0.25, 0.3) is 0 Å². The average Bonchev–Trinajstić information content (AvgIpc) is 2.90. The van der Waals surface area contributed by atoms with Crippen molar-refractivity contribution in [3.05, 3.63) is 0 Å². The molecule has 5 heteroatoms. The maximum atomic E-state index is 6.17. The van der Waals surface area contributed by atoms with Crippen molar-refractivity contribution in [3.63, 3.8) is 0 Å². The van der Waals surface area contributed by atoms with Gasteiger partial charge in [0.1, 0.15) is 0 Å².